The van der Waals surface area contributed by atoms with Crippen LogP contribution >= 0.6 is 11.6 Å². The van der Waals surface area contributed by atoms with E-state index in [0.29, 0.717) is 13.1 Å². The first-order chi connectivity index (χ1) is 7.72. The van der Waals surface area contributed by atoms with E-state index in [9.17, 15) is 0 Å². The summed E-state index contributed by atoms with van der Waals surface area (Å²) < 4.78 is 1.92. The number of hydrogen-bond donors (Lipinski definition) is 1. The third-order valence-corrected chi connectivity index (χ3v) is 3.07. The maximum Gasteiger partial charge on any atom is 0.0677 e. The maximum absolute atomic E-state index is 6.10. The fourth-order valence-corrected chi connectivity index (χ4v) is 1.83. The molecule has 3 nitrogen and oxygen atoms in total. The summed E-state index contributed by atoms with van der Waals surface area (Å²) >= 11 is 6.10. The molecule has 1 heterocycles. The summed E-state index contributed by atoms with van der Waals surface area (Å²) in [6.45, 7) is 3.23. The molecule has 0 saturated carbocycles. The predicted molar refractivity (Wildman–Crippen MR) is 65.4 cm³/mol. The molecular weight excluding hydrogens is 222 g/mol. The van der Waals surface area contributed by atoms with E-state index in [4.69, 9.17) is 17.3 Å². The lowest BCUT2D eigenvalue weighted by Gasteiger charge is -2.06. The van der Waals surface area contributed by atoms with Crippen molar-refractivity contribution < 1.29 is 0 Å². The Morgan fingerprint density at radius 2 is 2.06 bits per heavy atom. The quantitative estimate of drug-likeness (QED) is 0.888. The molecular formula is C12H14ClN3. The summed E-state index contributed by atoms with van der Waals surface area (Å²) in [6, 6.07) is 7.79. The average Bonchev–Trinajstić information content (AvgIpc) is 2.63. The molecule has 1 aromatic carbocycles. The fraction of sp³-hybridized carbons (Fsp3) is 0.250. The van der Waals surface area contributed by atoms with Gasteiger partial charge in [-0.15, -0.1) is 0 Å². The van der Waals surface area contributed by atoms with Gasteiger partial charge in [-0.25, -0.2) is 0 Å². The van der Waals surface area contributed by atoms with E-state index in [1.54, 1.807) is 0 Å². The molecule has 0 saturated heterocycles. The second-order valence-electron chi connectivity index (χ2n) is 3.71. The van der Waals surface area contributed by atoms with Crippen LogP contribution in [0.3, 0.4) is 0 Å². The molecule has 0 spiro atoms. The number of nitrogens with zero attached hydrogens (tertiary/aromatic N) is 2. The number of benzene rings is 1. The number of hydrogen-bond acceptors (Lipinski definition) is 2. The van der Waals surface area contributed by atoms with Crippen molar-refractivity contribution in [1.82, 2.24) is 9.78 Å². The van der Waals surface area contributed by atoms with Crippen LogP contribution in [0.15, 0.2) is 30.5 Å². The maximum atomic E-state index is 6.10. The Balaban J connectivity index is 2.27. The van der Waals surface area contributed by atoms with E-state index in [2.05, 4.69) is 5.10 Å². The molecule has 0 aliphatic rings. The van der Waals surface area contributed by atoms with Gasteiger partial charge in [0, 0.05) is 22.8 Å². The van der Waals surface area contributed by atoms with Gasteiger partial charge in [0.1, 0.15) is 0 Å². The first-order valence-corrected chi connectivity index (χ1v) is 5.55. The van der Waals surface area contributed by atoms with Crippen molar-refractivity contribution in [3.05, 3.63) is 52.3 Å². The van der Waals surface area contributed by atoms with E-state index in [1.807, 2.05) is 42.1 Å². The Kier molecular flexibility index (Phi) is 3.27. The Hall–Kier alpha value is -1.32. The molecule has 0 aliphatic heterocycles. The third-order valence-electron chi connectivity index (χ3n) is 2.70. The lowest BCUT2D eigenvalue weighted by atomic mass is 10.2. The van der Waals surface area contributed by atoms with Crippen molar-refractivity contribution in [3.63, 3.8) is 0 Å². The standard InChI is InChI=1S/C12H14ClN3/c1-9-11(6-14)7-15-16(9)8-10-4-2-3-5-12(10)13/h2-5,7H,6,8,14H2,1H3. The van der Waals surface area contributed by atoms with Crippen molar-refractivity contribution in [1.29, 1.82) is 0 Å². The minimum absolute atomic E-state index is 0.522. The van der Waals surface area contributed by atoms with Gasteiger partial charge in [-0.05, 0) is 18.6 Å². The highest BCUT2D eigenvalue weighted by Crippen LogP contribution is 2.17. The molecule has 0 amide bonds. The zero-order valence-corrected chi connectivity index (χ0v) is 9.91. The molecule has 0 fully saturated rings. The van der Waals surface area contributed by atoms with Gasteiger partial charge in [0.2, 0.25) is 0 Å². The predicted octanol–water partition coefficient (Wildman–Crippen LogP) is 2.35. The normalized spacial score (nSPS) is 10.7. The molecule has 2 N–H and O–H groups in total. The molecule has 4 heteroatoms. The van der Waals surface area contributed by atoms with Crippen LogP contribution in [0.25, 0.3) is 0 Å². The van der Waals surface area contributed by atoms with Gasteiger partial charge >= 0.3 is 0 Å². The Labute approximate surface area is 99.8 Å². The first-order valence-electron chi connectivity index (χ1n) is 5.17. The molecule has 2 aromatic rings. The average molecular weight is 236 g/mol. The monoisotopic (exact) mass is 235 g/mol. The number of rotatable bonds is 3. The molecule has 84 valence electrons. The SMILES string of the molecule is Cc1c(CN)cnn1Cc1ccccc1Cl. The van der Waals surface area contributed by atoms with E-state index in [0.717, 1.165) is 21.8 Å². The largest absolute Gasteiger partial charge is 0.326 e. The summed E-state index contributed by atoms with van der Waals surface area (Å²) in [5.74, 6) is 0. The smallest absolute Gasteiger partial charge is 0.0677 e. The second kappa shape index (κ2) is 4.68. The summed E-state index contributed by atoms with van der Waals surface area (Å²) in [4.78, 5) is 0. The van der Waals surface area contributed by atoms with Crippen LogP contribution in [-0.4, -0.2) is 9.78 Å². The van der Waals surface area contributed by atoms with Crippen LogP contribution in [-0.2, 0) is 13.1 Å². The summed E-state index contributed by atoms with van der Waals surface area (Å²) in [5, 5.41) is 5.07. The highest BCUT2D eigenvalue weighted by atomic mass is 35.5. The topological polar surface area (TPSA) is 43.8 Å². The van der Waals surface area contributed by atoms with Crippen LogP contribution in [0.4, 0.5) is 0 Å². The molecule has 0 radical (unpaired) electrons. The van der Waals surface area contributed by atoms with Crippen LogP contribution in [0, 0.1) is 6.92 Å². The molecule has 2 rings (SSSR count). The molecule has 0 unspecified atom stereocenters. The lowest BCUT2D eigenvalue weighted by Crippen LogP contribution is -2.05. The van der Waals surface area contributed by atoms with Crippen molar-refractivity contribution >= 4 is 11.6 Å². The van der Waals surface area contributed by atoms with Crippen molar-refractivity contribution in [2.75, 3.05) is 0 Å². The van der Waals surface area contributed by atoms with Gasteiger partial charge in [0.05, 0.1) is 12.7 Å². The van der Waals surface area contributed by atoms with Crippen molar-refractivity contribution in [2.24, 2.45) is 5.73 Å². The highest BCUT2D eigenvalue weighted by molar-refractivity contribution is 6.31. The Morgan fingerprint density at radius 3 is 2.69 bits per heavy atom. The van der Waals surface area contributed by atoms with Crippen LogP contribution < -0.4 is 5.73 Å². The van der Waals surface area contributed by atoms with Gasteiger partial charge in [-0.2, -0.15) is 5.10 Å². The van der Waals surface area contributed by atoms with Crippen LogP contribution in [0.5, 0.6) is 0 Å². The summed E-state index contributed by atoms with van der Waals surface area (Å²) in [6.07, 6.45) is 1.81. The number of halogens is 1. The van der Waals surface area contributed by atoms with Gasteiger partial charge in [-0.3, -0.25) is 4.68 Å². The van der Waals surface area contributed by atoms with Gasteiger partial charge in [0.25, 0.3) is 0 Å². The Morgan fingerprint density at radius 1 is 1.31 bits per heavy atom. The Bertz CT molecular complexity index is 491. The van der Waals surface area contributed by atoms with E-state index >= 15 is 0 Å². The van der Waals surface area contributed by atoms with Crippen molar-refractivity contribution in [3.8, 4) is 0 Å². The first kappa shape index (κ1) is 11.2. The van der Waals surface area contributed by atoms with Gasteiger partial charge < -0.3 is 5.73 Å². The molecule has 1 aromatic heterocycles. The molecule has 0 bridgehead atoms. The van der Waals surface area contributed by atoms with Gasteiger partial charge in [-0.1, -0.05) is 29.8 Å². The minimum atomic E-state index is 0.522. The van der Waals surface area contributed by atoms with Crippen LogP contribution in [0.2, 0.25) is 5.02 Å². The number of aromatic nitrogens is 2. The third kappa shape index (κ3) is 2.10. The van der Waals surface area contributed by atoms with E-state index in [1.165, 1.54) is 0 Å². The zero-order valence-electron chi connectivity index (χ0n) is 9.15. The molecule has 16 heavy (non-hydrogen) atoms. The van der Waals surface area contributed by atoms with Gasteiger partial charge in [0.15, 0.2) is 0 Å². The van der Waals surface area contributed by atoms with Crippen LogP contribution in [0.1, 0.15) is 16.8 Å². The zero-order chi connectivity index (χ0) is 11.5. The van der Waals surface area contributed by atoms with E-state index in [-0.39, 0.29) is 0 Å². The minimum Gasteiger partial charge on any atom is -0.326 e. The highest BCUT2D eigenvalue weighted by Gasteiger charge is 2.06. The molecule has 0 atom stereocenters. The second-order valence-corrected chi connectivity index (χ2v) is 4.12. The summed E-state index contributed by atoms with van der Waals surface area (Å²) in [5.41, 5.74) is 8.85. The summed E-state index contributed by atoms with van der Waals surface area (Å²) in [7, 11) is 0. The fourth-order valence-electron chi connectivity index (χ4n) is 1.63. The lowest BCUT2D eigenvalue weighted by molar-refractivity contribution is 0.663. The number of nitrogens with two attached hydrogens (primary N) is 1. The van der Waals surface area contributed by atoms with Crippen molar-refractivity contribution in [2.45, 2.75) is 20.0 Å². The molecule has 0 aliphatic carbocycles. The van der Waals surface area contributed by atoms with E-state index < -0.39 is 0 Å².